The van der Waals surface area contributed by atoms with E-state index in [4.69, 9.17) is 4.98 Å². The first-order valence-electron chi connectivity index (χ1n) is 10.1. The molecule has 2 aromatic heterocycles. The highest BCUT2D eigenvalue weighted by Crippen LogP contribution is 2.32. The largest absolute Gasteiger partial charge is 0.274 e. The average molecular weight is 465 g/mol. The molecule has 0 aliphatic rings. The fourth-order valence-electron chi connectivity index (χ4n) is 3.36. The normalized spacial score (nSPS) is 11.0. The Morgan fingerprint density at radius 2 is 1.88 bits per heavy atom. The maximum atomic E-state index is 12.4. The number of tetrazole rings is 1. The van der Waals surface area contributed by atoms with E-state index in [0.717, 1.165) is 28.2 Å². The van der Waals surface area contributed by atoms with Crippen molar-refractivity contribution in [2.45, 2.75) is 45.5 Å². The van der Waals surface area contributed by atoms with Crippen LogP contribution in [0.2, 0.25) is 0 Å². The zero-order valence-electron chi connectivity index (χ0n) is 18.7. The van der Waals surface area contributed by atoms with E-state index in [1.807, 2.05) is 49.6 Å². The smallest absolute Gasteiger partial charge is 0.230 e. The molecule has 0 bridgehead atoms. The van der Waals surface area contributed by atoms with Crippen molar-refractivity contribution < 1.29 is 4.79 Å². The monoisotopic (exact) mass is 464 g/mol. The van der Waals surface area contributed by atoms with Gasteiger partial charge in [0.15, 0.2) is 5.13 Å². The second-order valence-corrected chi connectivity index (χ2v) is 9.48. The second-order valence-electron chi connectivity index (χ2n) is 7.70. The van der Waals surface area contributed by atoms with Crippen LogP contribution in [0.15, 0.2) is 46.9 Å². The van der Waals surface area contributed by atoms with Crippen LogP contribution in [0.25, 0.3) is 5.69 Å². The number of benzene rings is 2. The molecule has 0 saturated carbocycles. The SMILES string of the molecule is CC(=O)N(c1ccc(C)c(C)c1)c1nc(CSc2nnnn2-c2ccc(C)cc2C)cs1. The lowest BCUT2D eigenvalue weighted by atomic mass is 10.1. The molecule has 7 nitrogen and oxygen atoms in total. The summed E-state index contributed by atoms with van der Waals surface area (Å²) < 4.78 is 1.75. The van der Waals surface area contributed by atoms with Crippen LogP contribution in [0, 0.1) is 27.7 Å². The summed E-state index contributed by atoms with van der Waals surface area (Å²) in [5.41, 5.74) is 7.30. The van der Waals surface area contributed by atoms with Crippen molar-refractivity contribution in [1.29, 1.82) is 0 Å². The Morgan fingerprint density at radius 1 is 1.06 bits per heavy atom. The number of thioether (sulfide) groups is 1. The molecular formula is C23H24N6OS2. The van der Waals surface area contributed by atoms with Gasteiger partial charge in [-0.15, -0.1) is 16.4 Å². The molecular weight excluding hydrogens is 440 g/mol. The number of thiazole rings is 1. The van der Waals surface area contributed by atoms with Gasteiger partial charge < -0.3 is 0 Å². The molecule has 0 atom stereocenters. The second kappa shape index (κ2) is 9.22. The van der Waals surface area contributed by atoms with Crippen LogP contribution >= 0.6 is 23.1 Å². The summed E-state index contributed by atoms with van der Waals surface area (Å²) in [5, 5.41) is 15.5. The molecule has 164 valence electrons. The first-order valence-corrected chi connectivity index (χ1v) is 12.0. The van der Waals surface area contributed by atoms with E-state index in [1.54, 1.807) is 16.5 Å². The number of hydrogen-bond acceptors (Lipinski definition) is 7. The number of aromatic nitrogens is 5. The molecule has 4 aromatic rings. The minimum atomic E-state index is -0.0689. The standard InChI is InChI=1S/C23H24N6OS2/c1-14-6-9-21(17(4)10-14)29-23(25-26-27-29)32-13-19-12-31-22(24-19)28(18(5)30)20-8-7-15(2)16(3)11-20/h6-12H,13H2,1-5H3. The molecule has 0 aliphatic carbocycles. The van der Waals surface area contributed by atoms with Crippen molar-refractivity contribution in [2.75, 3.05) is 4.90 Å². The van der Waals surface area contributed by atoms with Crippen molar-refractivity contribution in [3.63, 3.8) is 0 Å². The molecule has 0 fully saturated rings. The number of rotatable bonds is 6. The lowest BCUT2D eigenvalue weighted by Gasteiger charge is -2.19. The van der Waals surface area contributed by atoms with Crippen LogP contribution in [-0.2, 0) is 10.5 Å². The van der Waals surface area contributed by atoms with Crippen LogP contribution in [0.5, 0.6) is 0 Å². The highest BCUT2D eigenvalue weighted by molar-refractivity contribution is 7.98. The Kier molecular flexibility index (Phi) is 6.38. The first-order chi connectivity index (χ1) is 15.3. The van der Waals surface area contributed by atoms with E-state index in [1.165, 1.54) is 34.2 Å². The molecule has 0 aliphatic heterocycles. The van der Waals surface area contributed by atoms with Gasteiger partial charge in [-0.1, -0.05) is 35.5 Å². The van der Waals surface area contributed by atoms with Gasteiger partial charge in [0, 0.05) is 18.1 Å². The number of anilines is 2. The van der Waals surface area contributed by atoms with Gasteiger partial charge >= 0.3 is 0 Å². The highest BCUT2D eigenvalue weighted by atomic mass is 32.2. The maximum absolute atomic E-state index is 12.4. The predicted octanol–water partition coefficient (Wildman–Crippen LogP) is 5.33. The third-order valence-electron chi connectivity index (χ3n) is 5.17. The van der Waals surface area contributed by atoms with Gasteiger partial charge in [0.1, 0.15) is 0 Å². The van der Waals surface area contributed by atoms with Crippen LogP contribution in [-0.4, -0.2) is 31.1 Å². The zero-order chi connectivity index (χ0) is 22.8. The van der Waals surface area contributed by atoms with E-state index in [2.05, 4.69) is 35.4 Å². The van der Waals surface area contributed by atoms with Crippen molar-refractivity contribution in [1.82, 2.24) is 25.2 Å². The third-order valence-corrected chi connectivity index (χ3v) is 6.99. The number of carbonyl (C=O) groups excluding carboxylic acids is 1. The maximum Gasteiger partial charge on any atom is 0.230 e. The summed E-state index contributed by atoms with van der Waals surface area (Å²) >= 11 is 2.97. The highest BCUT2D eigenvalue weighted by Gasteiger charge is 2.19. The molecule has 0 radical (unpaired) electrons. The van der Waals surface area contributed by atoms with Gasteiger partial charge in [-0.2, -0.15) is 4.68 Å². The summed E-state index contributed by atoms with van der Waals surface area (Å²) in [4.78, 5) is 18.8. The Balaban J connectivity index is 1.53. The van der Waals surface area contributed by atoms with Crippen LogP contribution in [0.3, 0.4) is 0 Å². The number of hydrogen-bond donors (Lipinski definition) is 0. The van der Waals surface area contributed by atoms with E-state index < -0.39 is 0 Å². The minimum absolute atomic E-state index is 0.0689. The van der Waals surface area contributed by atoms with E-state index in [-0.39, 0.29) is 5.91 Å². The zero-order valence-corrected chi connectivity index (χ0v) is 20.3. The van der Waals surface area contributed by atoms with E-state index in [9.17, 15) is 4.79 Å². The van der Waals surface area contributed by atoms with Gasteiger partial charge in [-0.05, 0) is 73.0 Å². The molecule has 0 saturated heterocycles. The molecule has 0 N–H and O–H groups in total. The Hall–Kier alpha value is -3.04. The number of nitrogens with zero attached hydrogens (tertiary/aromatic N) is 6. The van der Waals surface area contributed by atoms with Crippen LogP contribution in [0.1, 0.15) is 34.9 Å². The van der Waals surface area contributed by atoms with Gasteiger partial charge in [0.2, 0.25) is 11.1 Å². The minimum Gasteiger partial charge on any atom is -0.274 e. The van der Waals surface area contributed by atoms with Crippen LogP contribution in [0.4, 0.5) is 10.8 Å². The lowest BCUT2D eigenvalue weighted by Crippen LogP contribution is -2.22. The van der Waals surface area contributed by atoms with Crippen molar-refractivity contribution in [2.24, 2.45) is 0 Å². The molecule has 0 spiro atoms. The van der Waals surface area contributed by atoms with Gasteiger partial charge in [0.25, 0.3) is 0 Å². The number of carbonyl (C=O) groups is 1. The Morgan fingerprint density at radius 3 is 2.59 bits per heavy atom. The fourth-order valence-corrected chi connectivity index (χ4v) is 5.13. The molecule has 1 amide bonds. The third kappa shape index (κ3) is 4.58. The van der Waals surface area contributed by atoms with Gasteiger partial charge in [-0.25, -0.2) is 4.98 Å². The van der Waals surface area contributed by atoms with Crippen molar-refractivity contribution in [3.8, 4) is 5.69 Å². The summed E-state index contributed by atoms with van der Waals surface area (Å²) in [6.07, 6.45) is 0. The topological polar surface area (TPSA) is 76.8 Å². The lowest BCUT2D eigenvalue weighted by molar-refractivity contribution is -0.115. The van der Waals surface area contributed by atoms with Gasteiger partial charge in [-0.3, -0.25) is 9.69 Å². The predicted molar refractivity (Wildman–Crippen MR) is 129 cm³/mol. The Labute approximate surface area is 195 Å². The molecule has 0 unspecified atom stereocenters. The van der Waals surface area contributed by atoms with E-state index >= 15 is 0 Å². The quantitative estimate of drug-likeness (QED) is 0.359. The van der Waals surface area contributed by atoms with Crippen LogP contribution < -0.4 is 4.90 Å². The fraction of sp³-hybridized carbons (Fsp3) is 0.261. The molecule has 2 aromatic carbocycles. The summed E-state index contributed by atoms with van der Waals surface area (Å²) in [6, 6.07) is 12.2. The summed E-state index contributed by atoms with van der Waals surface area (Å²) in [7, 11) is 0. The van der Waals surface area contributed by atoms with E-state index in [0.29, 0.717) is 16.0 Å². The molecule has 2 heterocycles. The van der Waals surface area contributed by atoms with Crippen molar-refractivity contribution in [3.05, 3.63) is 69.7 Å². The first kappa shape index (κ1) is 22.2. The summed E-state index contributed by atoms with van der Waals surface area (Å²) in [5.74, 6) is 0.529. The average Bonchev–Trinajstić information content (AvgIpc) is 3.39. The molecule has 4 rings (SSSR count). The molecule has 9 heteroatoms. The number of aryl methyl sites for hydroxylation is 4. The Bertz CT molecular complexity index is 1280. The summed E-state index contributed by atoms with van der Waals surface area (Å²) in [6.45, 7) is 9.77. The van der Waals surface area contributed by atoms with Crippen molar-refractivity contribution >= 4 is 39.8 Å². The molecule has 32 heavy (non-hydrogen) atoms. The van der Waals surface area contributed by atoms with Gasteiger partial charge in [0.05, 0.1) is 17.1 Å². The number of amides is 1.